The second-order valence-electron chi connectivity index (χ2n) is 6.16. The van der Waals surface area contributed by atoms with Crippen molar-refractivity contribution < 1.29 is 13.2 Å². The van der Waals surface area contributed by atoms with Crippen LogP contribution in [-0.2, 0) is 12.7 Å². The highest BCUT2D eigenvalue weighted by Crippen LogP contribution is 2.29. The molecule has 1 atom stereocenters. The molecular weight excluding hydrogens is 277 g/mol. The van der Waals surface area contributed by atoms with Crippen molar-refractivity contribution in [3.05, 3.63) is 35.4 Å². The summed E-state index contributed by atoms with van der Waals surface area (Å²) in [6.07, 6.45) is -3.23. The molecule has 0 aromatic heterocycles. The molecule has 0 saturated carbocycles. The first kappa shape index (κ1) is 18.0. The molecule has 0 fully saturated rings. The predicted octanol–water partition coefficient (Wildman–Crippen LogP) is 3.77. The Morgan fingerprint density at radius 2 is 1.67 bits per heavy atom. The van der Waals surface area contributed by atoms with Gasteiger partial charge in [-0.2, -0.15) is 13.2 Å². The summed E-state index contributed by atoms with van der Waals surface area (Å²) in [7, 11) is 4.04. The number of hydrogen-bond acceptors (Lipinski definition) is 2. The van der Waals surface area contributed by atoms with Crippen LogP contribution in [0.2, 0.25) is 0 Å². The summed E-state index contributed by atoms with van der Waals surface area (Å²) in [6.45, 7) is 5.84. The van der Waals surface area contributed by atoms with Gasteiger partial charge in [0.25, 0.3) is 0 Å². The fourth-order valence-corrected chi connectivity index (χ4v) is 2.31. The maximum absolute atomic E-state index is 12.5. The molecule has 1 rings (SSSR count). The Labute approximate surface area is 125 Å². The minimum absolute atomic E-state index is 0.335. The summed E-state index contributed by atoms with van der Waals surface area (Å²) in [6, 6.07) is 5.69. The lowest BCUT2D eigenvalue weighted by Gasteiger charge is -2.24. The van der Waals surface area contributed by atoms with Gasteiger partial charge in [0.05, 0.1) is 5.56 Å². The largest absolute Gasteiger partial charge is 0.416 e. The Bertz CT molecular complexity index is 401. The van der Waals surface area contributed by atoms with Crippen molar-refractivity contribution in [1.29, 1.82) is 0 Å². The molecular formula is C16H25F3N2. The van der Waals surface area contributed by atoms with Crippen LogP contribution in [0.4, 0.5) is 13.2 Å². The Kier molecular flexibility index (Phi) is 6.68. The van der Waals surface area contributed by atoms with Crippen LogP contribution < -0.4 is 5.32 Å². The molecule has 0 bridgehead atoms. The van der Waals surface area contributed by atoms with E-state index in [1.807, 2.05) is 14.1 Å². The van der Waals surface area contributed by atoms with Crippen molar-refractivity contribution in [3.8, 4) is 0 Å². The molecule has 0 amide bonds. The predicted molar refractivity (Wildman–Crippen MR) is 80.1 cm³/mol. The van der Waals surface area contributed by atoms with Crippen LogP contribution in [0.3, 0.4) is 0 Å². The number of nitrogens with zero attached hydrogens (tertiary/aromatic N) is 1. The van der Waals surface area contributed by atoms with Crippen molar-refractivity contribution in [1.82, 2.24) is 10.2 Å². The first-order valence-electron chi connectivity index (χ1n) is 7.22. The molecule has 1 N–H and O–H groups in total. The summed E-state index contributed by atoms with van der Waals surface area (Å²) in [4.78, 5) is 2.12. The molecule has 120 valence electrons. The maximum atomic E-state index is 12.5. The summed E-state index contributed by atoms with van der Waals surface area (Å²) in [5.41, 5.74) is 0.272. The Hall–Kier alpha value is -1.07. The molecule has 0 heterocycles. The summed E-state index contributed by atoms with van der Waals surface area (Å²) < 4.78 is 37.5. The lowest BCUT2D eigenvalue weighted by molar-refractivity contribution is -0.137. The van der Waals surface area contributed by atoms with Crippen LogP contribution in [0.5, 0.6) is 0 Å². The van der Waals surface area contributed by atoms with Crippen LogP contribution in [0, 0.1) is 5.92 Å². The molecule has 0 radical (unpaired) electrons. The highest BCUT2D eigenvalue weighted by atomic mass is 19.4. The zero-order valence-electron chi connectivity index (χ0n) is 13.2. The van der Waals surface area contributed by atoms with E-state index in [1.165, 1.54) is 12.1 Å². The SMILES string of the molecule is CC(C)CC(CN(C)C)NCc1ccc(C(F)(F)F)cc1. The van der Waals surface area contributed by atoms with Gasteiger partial charge in [-0.15, -0.1) is 0 Å². The Balaban J connectivity index is 2.59. The molecule has 0 aliphatic heterocycles. The van der Waals surface area contributed by atoms with Crippen LogP contribution >= 0.6 is 0 Å². The topological polar surface area (TPSA) is 15.3 Å². The van der Waals surface area contributed by atoms with Crippen molar-refractivity contribution in [2.45, 2.75) is 39.0 Å². The van der Waals surface area contributed by atoms with E-state index in [-0.39, 0.29) is 0 Å². The van der Waals surface area contributed by atoms with Gasteiger partial charge < -0.3 is 10.2 Å². The highest BCUT2D eigenvalue weighted by molar-refractivity contribution is 5.24. The molecule has 1 unspecified atom stereocenters. The third-order valence-electron chi connectivity index (χ3n) is 3.22. The maximum Gasteiger partial charge on any atom is 0.416 e. The minimum Gasteiger partial charge on any atom is -0.309 e. The monoisotopic (exact) mass is 302 g/mol. The summed E-state index contributed by atoms with van der Waals surface area (Å²) >= 11 is 0. The van der Waals surface area contributed by atoms with Crippen molar-refractivity contribution in [3.63, 3.8) is 0 Å². The average molecular weight is 302 g/mol. The van der Waals surface area contributed by atoms with Gasteiger partial charge in [-0.3, -0.25) is 0 Å². The quantitative estimate of drug-likeness (QED) is 0.825. The molecule has 0 spiro atoms. The van der Waals surface area contributed by atoms with Crippen LogP contribution in [0.25, 0.3) is 0 Å². The number of alkyl halides is 3. The fourth-order valence-electron chi connectivity index (χ4n) is 2.31. The lowest BCUT2D eigenvalue weighted by Crippen LogP contribution is -2.38. The van der Waals surface area contributed by atoms with E-state index >= 15 is 0 Å². The molecule has 0 aliphatic rings. The van der Waals surface area contributed by atoms with Gasteiger partial charge in [0.2, 0.25) is 0 Å². The van der Waals surface area contributed by atoms with Crippen molar-refractivity contribution in [2.24, 2.45) is 5.92 Å². The number of benzene rings is 1. The van der Waals surface area contributed by atoms with Gasteiger partial charge in [0.15, 0.2) is 0 Å². The van der Waals surface area contributed by atoms with E-state index in [2.05, 4.69) is 24.1 Å². The summed E-state index contributed by atoms with van der Waals surface area (Å²) in [5, 5.41) is 3.43. The average Bonchev–Trinajstić information content (AvgIpc) is 2.34. The van der Waals surface area contributed by atoms with Crippen LogP contribution in [-0.4, -0.2) is 31.6 Å². The van der Waals surface area contributed by atoms with E-state index in [1.54, 1.807) is 0 Å². The fraction of sp³-hybridized carbons (Fsp3) is 0.625. The van der Waals surface area contributed by atoms with E-state index < -0.39 is 11.7 Å². The molecule has 1 aromatic rings. The van der Waals surface area contributed by atoms with Crippen molar-refractivity contribution in [2.75, 3.05) is 20.6 Å². The molecule has 1 aromatic carbocycles. The number of rotatable bonds is 7. The molecule has 2 nitrogen and oxygen atoms in total. The van der Waals surface area contributed by atoms with E-state index in [9.17, 15) is 13.2 Å². The minimum atomic E-state index is -4.27. The standard InChI is InChI=1S/C16H25F3N2/c1-12(2)9-15(11-21(3)4)20-10-13-5-7-14(8-6-13)16(17,18)19/h5-8,12,15,20H,9-11H2,1-4H3. The third-order valence-corrected chi connectivity index (χ3v) is 3.22. The van der Waals surface area contributed by atoms with Gasteiger partial charge in [-0.1, -0.05) is 26.0 Å². The number of hydrogen-bond donors (Lipinski definition) is 1. The molecule has 0 saturated heterocycles. The van der Waals surface area contributed by atoms with Gasteiger partial charge in [-0.05, 0) is 44.1 Å². The lowest BCUT2D eigenvalue weighted by atomic mass is 10.0. The zero-order chi connectivity index (χ0) is 16.0. The number of halogens is 3. The van der Waals surface area contributed by atoms with E-state index in [4.69, 9.17) is 0 Å². The number of likely N-dealkylation sites (N-methyl/N-ethyl adjacent to an activating group) is 1. The first-order valence-corrected chi connectivity index (χ1v) is 7.22. The Morgan fingerprint density at radius 1 is 1.10 bits per heavy atom. The van der Waals surface area contributed by atoms with Crippen LogP contribution in [0.1, 0.15) is 31.4 Å². The molecule has 0 aliphatic carbocycles. The molecule has 21 heavy (non-hydrogen) atoms. The van der Waals surface area contributed by atoms with Crippen molar-refractivity contribution >= 4 is 0 Å². The van der Waals surface area contributed by atoms with E-state index in [0.29, 0.717) is 18.5 Å². The first-order chi connectivity index (χ1) is 9.68. The second-order valence-corrected chi connectivity index (χ2v) is 6.16. The van der Waals surface area contributed by atoms with Gasteiger partial charge in [0.1, 0.15) is 0 Å². The zero-order valence-corrected chi connectivity index (χ0v) is 13.2. The Morgan fingerprint density at radius 3 is 2.10 bits per heavy atom. The molecule has 5 heteroatoms. The second kappa shape index (κ2) is 7.80. The highest BCUT2D eigenvalue weighted by Gasteiger charge is 2.29. The van der Waals surface area contributed by atoms with Gasteiger partial charge in [-0.25, -0.2) is 0 Å². The third kappa shape index (κ3) is 6.96. The smallest absolute Gasteiger partial charge is 0.309 e. The van der Waals surface area contributed by atoms with Gasteiger partial charge >= 0.3 is 6.18 Å². The van der Waals surface area contributed by atoms with Gasteiger partial charge in [0, 0.05) is 19.1 Å². The van der Waals surface area contributed by atoms with Crippen LogP contribution in [0.15, 0.2) is 24.3 Å². The number of nitrogens with one attached hydrogen (secondary N) is 1. The van der Waals surface area contributed by atoms with E-state index in [0.717, 1.165) is 30.7 Å². The summed E-state index contributed by atoms with van der Waals surface area (Å²) in [5.74, 6) is 0.579. The normalized spacial score (nSPS) is 14.0.